The number of aryl methyl sites for hydroxylation is 1. The highest BCUT2D eigenvalue weighted by Crippen LogP contribution is 2.23. The van der Waals surface area contributed by atoms with Gasteiger partial charge in [-0.1, -0.05) is 30.3 Å². The highest BCUT2D eigenvalue weighted by molar-refractivity contribution is 5.66. The van der Waals surface area contributed by atoms with E-state index >= 15 is 0 Å². The van der Waals surface area contributed by atoms with E-state index in [1.54, 1.807) is 10.7 Å². The van der Waals surface area contributed by atoms with Crippen LogP contribution < -0.4 is 0 Å². The van der Waals surface area contributed by atoms with Gasteiger partial charge in [0.15, 0.2) is 0 Å². The number of rotatable bonds is 2. The summed E-state index contributed by atoms with van der Waals surface area (Å²) in [6.45, 7) is 2.09. The first-order valence-corrected chi connectivity index (χ1v) is 6.39. The topological polar surface area (TPSA) is 41.6 Å². The predicted molar refractivity (Wildman–Crippen MR) is 78.5 cm³/mol. The fraction of sp³-hybridized carbons (Fsp3) is 0.0588. The minimum atomic E-state index is 0.635. The summed E-state index contributed by atoms with van der Waals surface area (Å²) >= 11 is 0. The van der Waals surface area contributed by atoms with Gasteiger partial charge in [-0.25, -0.2) is 4.68 Å². The second-order valence-electron chi connectivity index (χ2n) is 4.65. The molecule has 0 aliphatic carbocycles. The van der Waals surface area contributed by atoms with Gasteiger partial charge in [0.2, 0.25) is 0 Å². The average Bonchev–Trinajstić information content (AvgIpc) is 2.97. The summed E-state index contributed by atoms with van der Waals surface area (Å²) in [6, 6.07) is 17.8. The molecule has 3 rings (SSSR count). The number of aromatic nitrogens is 2. The average molecular weight is 259 g/mol. The van der Waals surface area contributed by atoms with E-state index in [2.05, 4.69) is 30.2 Å². The van der Waals surface area contributed by atoms with E-state index < -0.39 is 0 Å². The molecule has 0 bridgehead atoms. The Bertz CT molecular complexity index is 794. The van der Waals surface area contributed by atoms with Crippen LogP contribution in [0, 0.1) is 18.3 Å². The number of hydrogen-bond acceptors (Lipinski definition) is 2. The Morgan fingerprint density at radius 2 is 1.95 bits per heavy atom. The lowest BCUT2D eigenvalue weighted by Gasteiger charge is -2.02. The molecule has 1 heterocycles. The van der Waals surface area contributed by atoms with Crippen molar-refractivity contribution in [1.82, 2.24) is 9.78 Å². The van der Waals surface area contributed by atoms with Crippen molar-refractivity contribution in [2.45, 2.75) is 6.92 Å². The molecule has 0 N–H and O–H groups in total. The minimum Gasteiger partial charge on any atom is -0.240 e. The Morgan fingerprint density at radius 1 is 1.10 bits per heavy atom. The Balaban J connectivity index is 2.02. The molecule has 0 aliphatic rings. The van der Waals surface area contributed by atoms with Gasteiger partial charge in [-0.15, -0.1) is 0 Å². The highest BCUT2D eigenvalue weighted by Gasteiger charge is 2.05. The van der Waals surface area contributed by atoms with Crippen LogP contribution in [0.5, 0.6) is 0 Å². The SMILES string of the molecule is Cc1ccccc1-c1cnn(-c2cccc(C#N)c2)c1. The molecule has 3 aromatic rings. The van der Waals surface area contributed by atoms with Crippen molar-refractivity contribution >= 4 is 0 Å². The smallest absolute Gasteiger partial charge is 0.0992 e. The molecule has 1 aromatic heterocycles. The molecular formula is C17H13N3. The quantitative estimate of drug-likeness (QED) is 0.703. The molecule has 0 atom stereocenters. The van der Waals surface area contributed by atoms with E-state index in [0.29, 0.717) is 5.56 Å². The molecule has 0 saturated heterocycles. The van der Waals surface area contributed by atoms with E-state index in [1.165, 1.54) is 11.1 Å². The van der Waals surface area contributed by atoms with Crippen molar-refractivity contribution in [1.29, 1.82) is 5.26 Å². The Labute approximate surface area is 117 Å². The van der Waals surface area contributed by atoms with E-state index in [0.717, 1.165) is 11.3 Å². The van der Waals surface area contributed by atoms with Crippen LogP contribution in [-0.2, 0) is 0 Å². The van der Waals surface area contributed by atoms with Crippen molar-refractivity contribution < 1.29 is 0 Å². The molecular weight excluding hydrogens is 246 g/mol. The summed E-state index contributed by atoms with van der Waals surface area (Å²) in [5.74, 6) is 0. The maximum atomic E-state index is 8.95. The molecule has 20 heavy (non-hydrogen) atoms. The molecule has 0 saturated carbocycles. The molecule has 0 radical (unpaired) electrons. The zero-order valence-electron chi connectivity index (χ0n) is 11.1. The molecule has 0 fully saturated rings. The normalized spacial score (nSPS) is 10.2. The van der Waals surface area contributed by atoms with Crippen LogP contribution in [0.15, 0.2) is 60.9 Å². The van der Waals surface area contributed by atoms with Gasteiger partial charge in [-0.05, 0) is 36.2 Å². The zero-order chi connectivity index (χ0) is 13.9. The lowest BCUT2D eigenvalue weighted by atomic mass is 10.0. The van der Waals surface area contributed by atoms with Gasteiger partial charge < -0.3 is 0 Å². The zero-order valence-corrected chi connectivity index (χ0v) is 11.1. The lowest BCUT2D eigenvalue weighted by molar-refractivity contribution is 0.880. The second-order valence-corrected chi connectivity index (χ2v) is 4.65. The van der Waals surface area contributed by atoms with E-state index in [4.69, 9.17) is 5.26 Å². The fourth-order valence-electron chi connectivity index (χ4n) is 2.22. The largest absolute Gasteiger partial charge is 0.240 e. The maximum absolute atomic E-state index is 8.95. The fourth-order valence-corrected chi connectivity index (χ4v) is 2.22. The summed E-state index contributed by atoms with van der Waals surface area (Å²) in [5.41, 5.74) is 5.00. The van der Waals surface area contributed by atoms with Crippen molar-refractivity contribution in [3.05, 3.63) is 72.1 Å². The molecule has 3 nitrogen and oxygen atoms in total. The first kappa shape index (κ1) is 12.2. The van der Waals surface area contributed by atoms with E-state index in [-0.39, 0.29) is 0 Å². The number of benzene rings is 2. The van der Waals surface area contributed by atoms with Crippen LogP contribution in [0.1, 0.15) is 11.1 Å². The van der Waals surface area contributed by atoms with Gasteiger partial charge >= 0.3 is 0 Å². The van der Waals surface area contributed by atoms with Gasteiger partial charge in [0.1, 0.15) is 0 Å². The highest BCUT2D eigenvalue weighted by atomic mass is 15.3. The molecule has 0 unspecified atom stereocenters. The van der Waals surface area contributed by atoms with Crippen molar-refractivity contribution in [2.24, 2.45) is 0 Å². The van der Waals surface area contributed by atoms with Crippen LogP contribution in [0.25, 0.3) is 16.8 Å². The lowest BCUT2D eigenvalue weighted by Crippen LogP contribution is -1.94. The molecule has 0 spiro atoms. The van der Waals surface area contributed by atoms with Crippen molar-refractivity contribution in [3.8, 4) is 22.9 Å². The molecule has 3 heteroatoms. The van der Waals surface area contributed by atoms with Crippen LogP contribution in [0.2, 0.25) is 0 Å². The third-order valence-electron chi connectivity index (χ3n) is 3.28. The third-order valence-corrected chi connectivity index (χ3v) is 3.28. The summed E-state index contributed by atoms with van der Waals surface area (Å²) < 4.78 is 1.79. The maximum Gasteiger partial charge on any atom is 0.0992 e. The predicted octanol–water partition coefficient (Wildman–Crippen LogP) is 3.72. The Morgan fingerprint density at radius 3 is 2.75 bits per heavy atom. The first-order valence-electron chi connectivity index (χ1n) is 6.39. The summed E-state index contributed by atoms with van der Waals surface area (Å²) in [5, 5.41) is 13.3. The van der Waals surface area contributed by atoms with Crippen LogP contribution in [0.4, 0.5) is 0 Å². The van der Waals surface area contributed by atoms with Crippen LogP contribution in [-0.4, -0.2) is 9.78 Å². The summed E-state index contributed by atoms with van der Waals surface area (Å²) in [7, 11) is 0. The third kappa shape index (κ3) is 2.19. The minimum absolute atomic E-state index is 0.635. The van der Waals surface area contributed by atoms with Crippen molar-refractivity contribution in [2.75, 3.05) is 0 Å². The van der Waals surface area contributed by atoms with Gasteiger partial charge in [0, 0.05) is 11.8 Å². The summed E-state index contributed by atoms with van der Waals surface area (Å²) in [6.07, 6.45) is 3.83. The monoisotopic (exact) mass is 259 g/mol. The van der Waals surface area contributed by atoms with Gasteiger partial charge in [0.25, 0.3) is 0 Å². The Kier molecular flexibility index (Phi) is 3.06. The standard InChI is InChI=1S/C17H13N3/c1-13-5-2-3-8-17(13)15-11-19-20(12-15)16-7-4-6-14(9-16)10-18/h2-9,11-12H,1H3. The molecule has 2 aromatic carbocycles. The number of nitriles is 1. The van der Waals surface area contributed by atoms with Crippen LogP contribution in [0.3, 0.4) is 0 Å². The molecule has 96 valence electrons. The van der Waals surface area contributed by atoms with Gasteiger partial charge in [-0.3, -0.25) is 0 Å². The van der Waals surface area contributed by atoms with E-state index in [9.17, 15) is 0 Å². The van der Waals surface area contributed by atoms with Crippen LogP contribution >= 0.6 is 0 Å². The van der Waals surface area contributed by atoms with Gasteiger partial charge in [0.05, 0.1) is 23.5 Å². The Hall–Kier alpha value is -2.86. The summed E-state index contributed by atoms with van der Waals surface area (Å²) in [4.78, 5) is 0. The number of nitrogens with zero attached hydrogens (tertiary/aromatic N) is 3. The van der Waals surface area contributed by atoms with Crippen molar-refractivity contribution in [3.63, 3.8) is 0 Å². The van der Waals surface area contributed by atoms with E-state index in [1.807, 2.05) is 42.7 Å². The number of hydrogen-bond donors (Lipinski definition) is 0. The molecule has 0 amide bonds. The molecule has 0 aliphatic heterocycles. The second kappa shape index (κ2) is 5.02. The first-order chi connectivity index (χ1) is 9.78. The van der Waals surface area contributed by atoms with Gasteiger partial charge in [-0.2, -0.15) is 10.4 Å².